The molecule has 4 rings (SSSR count). The van der Waals surface area contributed by atoms with E-state index in [0.29, 0.717) is 5.92 Å². The third kappa shape index (κ3) is 4.17. The summed E-state index contributed by atoms with van der Waals surface area (Å²) < 4.78 is 13.8. The molecular weight excluding hydrogens is 343 g/mol. The fourth-order valence-corrected chi connectivity index (χ4v) is 4.09. The van der Waals surface area contributed by atoms with Gasteiger partial charge in [-0.15, -0.1) is 0 Å². The van der Waals surface area contributed by atoms with Gasteiger partial charge in [-0.25, -0.2) is 15.2 Å². The summed E-state index contributed by atoms with van der Waals surface area (Å²) in [5.74, 6) is 0.466. The summed E-state index contributed by atoms with van der Waals surface area (Å²) in [6.45, 7) is 1.49. The van der Waals surface area contributed by atoms with Gasteiger partial charge >= 0.3 is 0 Å². The second-order valence-electron chi connectivity index (χ2n) is 7.47. The van der Waals surface area contributed by atoms with E-state index in [2.05, 4.69) is 15.8 Å². The number of amides is 1. The van der Waals surface area contributed by atoms with Gasteiger partial charge in [0.1, 0.15) is 11.9 Å². The fraction of sp³-hybridized carbons (Fsp3) is 0.429. The van der Waals surface area contributed by atoms with Crippen LogP contribution in [0.15, 0.2) is 48.8 Å². The molecule has 2 atom stereocenters. The number of carbonyl (C=O) groups excluding carboxylic acids is 1. The lowest BCUT2D eigenvalue weighted by atomic mass is 9.89. The standard InChI is InChI=1S/C21H25FN4O/c22-18-4-2-1-3-17(18)13-15-7-11-26(12-8-15)21(27)20-14-19(24-25-20)16-5-9-23-10-6-16/h1-6,9-10,15,19-20,24-25H,7-8,11-14H2. The zero-order valence-corrected chi connectivity index (χ0v) is 15.3. The lowest BCUT2D eigenvalue weighted by molar-refractivity contribution is -0.134. The third-order valence-electron chi connectivity index (χ3n) is 5.70. The van der Waals surface area contributed by atoms with Crippen molar-refractivity contribution in [2.75, 3.05) is 13.1 Å². The van der Waals surface area contributed by atoms with E-state index in [4.69, 9.17) is 0 Å². The molecule has 2 aliphatic heterocycles. The molecule has 0 spiro atoms. The van der Waals surface area contributed by atoms with Crippen molar-refractivity contribution in [2.45, 2.75) is 37.8 Å². The second-order valence-corrected chi connectivity index (χ2v) is 7.47. The van der Waals surface area contributed by atoms with Gasteiger partial charge in [0.05, 0.1) is 0 Å². The van der Waals surface area contributed by atoms with Crippen LogP contribution in [0.3, 0.4) is 0 Å². The van der Waals surface area contributed by atoms with Crippen LogP contribution < -0.4 is 10.9 Å². The largest absolute Gasteiger partial charge is 0.341 e. The maximum absolute atomic E-state index is 13.8. The van der Waals surface area contributed by atoms with Crippen LogP contribution in [0.25, 0.3) is 0 Å². The first-order valence-corrected chi connectivity index (χ1v) is 9.64. The molecule has 1 aromatic carbocycles. The summed E-state index contributed by atoms with van der Waals surface area (Å²) in [5, 5.41) is 0. The Balaban J connectivity index is 1.28. The molecule has 2 saturated heterocycles. The van der Waals surface area contributed by atoms with E-state index in [1.54, 1.807) is 18.5 Å². The molecule has 0 radical (unpaired) electrons. The monoisotopic (exact) mass is 368 g/mol. The number of carbonyl (C=O) groups is 1. The van der Waals surface area contributed by atoms with Crippen LogP contribution in [0.2, 0.25) is 0 Å². The molecule has 2 unspecified atom stereocenters. The van der Waals surface area contributed by atoms with Crippen LogP contribution in [-0.2, 0) is 11.2 Å². The van der Waals surface area contributed by atoms with Crippen molar-refractivity contribution in [3.63, 3.8) is 0 Å². The minimum atomic E-state index is -0.203. The first kappa shape index (κ1) is 18.1. The number of piperidine rings is 1. The Morgan fingerprint density at radius 2 is 1.85 bits per heavy atom. The van der Waals surface area contributed by atoms with Crippen LogP contribution in [0.5, 0.6) is 0 Å². The number of pyridine rings is 1. The van der Waals surface area contributed by atoms with Gasteiger partial charge in [0.25, 0.3) is 0 Å². The van der Waals surface area contributed by atoms with Crippen molar-refractivity contribution in [3.05, 3.63) is 65.7 Å². The maximum Gasteiger partial charge on any atom is 0.241 e. The number of aromatic nitrogens is 1. The Labute approximate surface area is 159 Å². The van der Waals surface area contributed by atoms with E-state index in [9.17, 15) is 9.18 Å². The molecule has 3 heterocycles. The SMILES string of the molecule is O=C(C1CC(c2ccncc2)NN1)N1CCC(Cc2ccccc2F)CC1. The Morgan fingerprint density at radius 1 is 1.11 bits per heavy atom. The predicted molar refractivity (Wildman–Crippen MR) is 101 cm³/mol. The molecule has 1 amide bonds. The lowest BCUT2D eigenvalue weighted by Gasteiger charge is -2.33. The molecule has 2 aliphatic rings. The van der Waals surface area contributed by atoms with Crippen molar-refractivity contribution in [3.8, 4) is 0 Å². The summed E-state index contributed by atoms with van der Waals surface area (Å²) in [6.07, 6.45) is 6.88. The topological polar surface area (TPSA) is 57.3 Å². The number of benzene rings is 1. The van der Waals surface area contributed by atoms with Crippen molar-refractivity contribution in [1.29, 1.82) is 0 Å². The Hall–Kier alpha value is -2.31. The van der Waals surface area contributed by atoms with E-state index < -0.39 is 0 Å². The molecule has 2 N–H and O–H groups in total. The molecule has 5 nitrogen and oxygen atoms in total. The zero-order chi connectivity index (χ0) is 18.6. The number of likely N-dealkylation sites (tertiary alicyclic amines) is 1. The van der Waals surface area contributed by atoms with Crippen molar-refractivity contribution >= 4 is 5.91 Å². The maximum atomic E-state index is 13.8. The Bertz CT molecular complexity index is 777. The number of halogens is 1. The van der Waals surface area contributed by atoms with Gasteiger partial charge in [-0.3, -0.25) is 9.78 Å². The molecule has 2 fully saturated rings. The van der Waals surface area contributed by atoms with Crippen molar-refractivity contribution in [2.24, 2.45) is 5.92 Å². The third-order valence-corrected chi connectivity index (χ3v) is 5.70. The molecule has 0 aliphatic carbocycles. The lowest BCUT2D eigenvalue weighted by Crippen LogP contribution is -2.48. The highest BCUT2D eigenvalue weighted by molar-refractivity contribution is 5.82. The van der Waals surface area contributed by atoms with Gasteiger partial charge < -0.3 is 4.90 Å². The fourth-order valence-electron chi connectivity index (χ4n) is 4.09. The van der Waals surface area contributed by atoms with Gasteiger partial charge in [-0.1, -0.05) is 18.2 Å². The average molecular weight is 368 g/mol. The zero-order valence-electron chi connectivity index (χ0n) is 15.3. The summed E-state index contributed by atoms with van der Waals surface area (Å²) in [7, 11) is 0. The summed E-state index contributed by atoms with van der Waals surface area (Å²) >= 11 is 0. The van der Waals surface area contributed by atoms with Gasteiger partial charge in [-0.2, -0.15) is 0 Å². The molecule has 1 aromatic heterocycles. The first-order chi connectivity index (χ1) is 13.2. The number of nitrogens with one attached hydrogen (secondary N) is 2. The molecule has 27 heavy (non-hydrogen) atoms. The van der Waals surface area contributed by atoms with Crippen LogP contribution in [0.1, 0.15) is 36.4 Å². The normalized spacial score (nSPS) is 23.5. The molecule has 6 heteroatoms. The Kier molecular flexibility index (Phi) is 5.45. The molecule has 0 saturated carbocycles. The molecule has 2 aromatic rings. The van der Waals surface area contributed by atoms with E-state index in [1.807, 2.05) is 29.2 Å². The highest BCUT2D eigenvalue weighted by Gasteiger charge is 2.34. The molecule has 142 valence electrons. The quantitative estimate of drug-likeness (QED) is 0.871. The van der Waals surface area contributed by atoms with Crippen LogP contribution >= 0.6 is 0 Å². The summed E-state index contributed by atoms with van der Waals surface area (Å²) in [5.41, 5.74) is 8.29. The van der Waals surface area contributed by atoms with E-state index in [1.165, 1.54) is 6.07 Å². The number of hydrogen-bond acceptors (Lipinski definition) is 4. The van der Waals surface area contributed by atoms with Gasteiger partial charge in [0, 0.05) is 31.5 Å². The van der Waals surface area contributed by atoms with E-state index in [0.717, 1.165) is 49.9 Å². The van der Waals surface area contributed by atoms with E-state index in [-0.39, 0.29) is 23.8 Å². The van der Waals surface area contributed by atoms with E-state index >= 15 is 0 Å². The first-order valence-electron chi connectivity index (χ1n) is 9.64. The summed E-state index contributed by atoms with van der Waals surface area (Å²) in [6, 6.07) is 10.9. The number of rotatable bonds is 4. The number of hydrogen-bond donors (Lipinski definition) is 2. The molecule has 0 bridgehead atoms. The number of nitrogens with zero attached hydrogens (tertiary/aromatic N) is 2. The van der Waals surface area contributed by atoms with Crippen LogP contribution in [-0.4, -0.2) is 34.9 Å². The predicted octanol–water partition coefficient (Wildman–Crippen LogP) is 2.61. The van der Waals surface area contributed by atoms with Crippen LogP contribution in [0.4, 0.5) is 4.39 Å². The molecular formula is C21H25FN4O. The van der Waals surface area contributed by atoms with Gasteiger partial charge in [-0.05, 0) is 60.9 Å². The summed E-state index contributed by atoms with van der Waals surface area (Å²) in [4.78, 5) is 18.8. The second kappa shape index (κ2) is 8.15. The smallest absolute Gasteiger partial charge is 0.241 e. The average Bonchev–Trinajstić information content (AvgIpc) is 3.21. The van der Waals surface area contributed by atoms with Gasteiger partial charge in [0.2, 0.25) is 5.91 Å². The van der Waals surface area contributed by atoms with Gasteiger partial charge in [0.15, 0.2) is 0 Å². The van der Waals surface area contributed by atoms with Crippen molar-refractivity contribution < 1.29 is 9.18 Å². The highest BCUT2D eigenvalue weighted by Crippen LogP contribution is 2.26. The van der Waals surface area contributed by atoms with Crippen molar-refractivity contribution in [1.82, 2.24) is 20.7 Å². The van der Waals surface area contributed by atoms with Crippen LogP contribution in [0, 0.1) is 11.7 Å². The number of hydrazine groups is 1. The highest BCUT2D eigenvalue weighted by atomic mass is 19.1. The minimum Gasteiger partial charge on any atom is -0.341 e. The minimum absolute atomic E-state index is 0.126. The Morgan fingerprint density at radius 3 is 2.59 bits per heavy atom.